The number of rotatable bonds is 4. The predicted molar refractivity (Wildman–Crippen MR) is 125 cm³/mol. The average Bonchev–Trinajstić information content (AvgIpc) is 3.22. The van der Waals surface area contributed by atoms with Crippen molar-refractivity contribution < 1.29 is 9.59 Å². The van der Waals surface area contributed by atoms with E-state index < -0.39 is 0 Å². The summed E-state index contributed by atoms with van der Waals surface area (Å²) in [4.78, 5) is 40.7. The minimum absolute atomic E-state index is 0.0273. The van der Waals surface area contributed by atoms with Gasteiger partial charge in [-0.05, 0) is 39.0 Å². The van der Waals surface area contributed by atoms with Crippen molar-refractivity contribution in [2.45, 2.75) is 32.9 Å². The number of hydrogen-bond acceptors (Lipinski definition) is 6. The average molecular weight is 447 g/mol. The van der Waals surface area contributed by atoms with Crippen molar-refractivity contribution >= 4 is 34.5 Å². The van der Waals surface area contributed by atoms with E-state index >= 15 is 0 Å². The molecule has 0 spiro atoms. The number of anilines is 2. The van der Waals surface area contributed by atoms with Crippen LogP contribution in [-0.2, 0) is 0 Å². The van der Waals surface area contributed by atoms with Crippen molar-refractivity contribution in [3.05, 3.63) is 47.9 Å². The number of amides is 3. The fraction of sp³-hybridized carbons (Fsp3) is 0.348. The molecule has 1 saturated heterocycles. The first-order valence-corrected chi connectivity index (χ1v) is 10.8. The number of piperazine rings is 1. The first-order valence-electron chi connectivity index (χ1n) is 10.8. The van der Waals surface area contributed by atoms with Gasteiger partial charge >= 0.3 is 6.03 Å². The van der Waals surface area contributed by atoms with Gasteiger partial charge in [-0.15, -0.1) is 0 Å². The smallest absolute Gasteiger partial charge is 0.322 e. The lowest BCUT2D eigenvalue weighted by Gasteiger charge is -2.40. The summed E-state index contributed by atoms with van der Waals surface area (Å²) in [5.74, 6) is 0.509. The minimum Gasteiger partial charge on any atom is -0.352 e. The standard InChI is InChI=1S/C23H26N8O2/c1-14(2)28-22(32)16-5-4-6-18(9-16)29-23(33)31-8-7-30(12-15(31)3)21-19-17(10-24)11-25-20(19)26-13-27-21/h4-6,9,11,13-15H,7-8,12H2,1-3H3,(H,28,32)(H,29,33)(H,25,26,27)/t15-/m0/s1. The van der Waals surface area contributed by atoms with E-state index in [1.807, 2.05) is 20.8 Å². The number of nitrogens with zero attached hydrogens (tertiary/aromatic N) is 5. The van der Waals surface area contributed by atoms with Gasteiger partial charge in [-0.3, -0.25) is 4.79 Å². The Morgan fingerprint density at radius 3 is 2.82 bits per heavy atom. The van der Waals surface area contributed by atoms with Crippen molar-refractivity contribution in [2.75, 3.05) is 29.9 Å². The summed E-state index contributed by atoms with van der Waals surface area (Å²) in [6.07, 6.45) is 3.10. The van der Waals surface area contributed by atoms with Crippen LogP contribution in [0.15, 0.2) is 36.8 Å². The molecule has 1 atom stereocenters. The SMILES string of the molecule is CC(C)NC(=O)c1cccc(NC(=O)N2CCN(c3ncnc4[nH]cc(C#N)c34)C[C@@H]2C)c1. The van der Waals surface area contributed by atoms with E-state index in [0.29, 0.717) is 53.3 Å². The van der Waals surface area contributed by atoms with Gasteiger partial charge in [0.25, 0.3) is 5.91 Å². The monoisotopic (exact) mass is 446 g/mol. The number of nitrogens with one attached hydrogen (secondary N) is 3. The van der Waals surface area contributed by atoms with Crippen LogP contribution in [0.3, 0.4) is 0 Å². The van der Waals surface area contributed by atoms with Crippen molar-refractivity contribution in [1.29, 1.82) is 5.26 Å². The van der Waals surface area contributed by atoms with E-state index in [1.165, 1.54) is 6.33 Å². The Balaban J connectivity index is 1.45. The summed E-state index contributed by atoms with van der Waals surface area (Å²) in [6.45, 7) is 7.38. The molecule has 1 aromatic carbocycles. The molecule has 33 heavy (non-hydrogen) atoms. The summed E-state index contributed by atoms with van der Waals surface area (Å²) < 4.78 is 0. The molecule has 3 heterocycles. The molecular formula is C23H26N8O2. The Morgan fingerprint density at radius 1 is 1.27 bits per heavy atom. The second-order valence-electron chi connectivity index (χ2n) is 8.36. The van der Waals surface area contributed by atoms with Crippen molar-refractivity contribution in [3.63, 3.8) is 0 Å². The molecule has 0 aliphatic carbocycles. The van der Waals surface area contributed by atoms with Crippen LogP contribution in [0.5, 0.6) is 0 Å². The molecule has 3 aromatic rings. The van der Waals surface area contributed by atoms with Gasteiger partial charge in [0.15, 0.2) is 0 Å². The third kappa shape index (κ3) is 4.57. The van der Waals surface area contributed by atoms with Gasteiger partial charge in [0.2, 0.25) is 0 Å². The van der Waals surface area contributed by atoms with Crippen LogP contribution in [-0.4, -0.2) is 63.5 Å². The number of urea groups is 1. The summed E-state index contributed by atoms with van der Waals surface area (Å²) in [6, 6.07) is 8.78. The molecule has 3 amide bonds. The third-order valence-electron chi connectivity index (χ3n) is 5.55. The molecule has 0 radical (unpaired) electrons. The fourth-order valence-corrected chi connectivity index (χ4v) is 4.01. The molecule has 10 nitrogen and oxygen atoms in total. The predicted octanol–water partition coefficient (Wildman–Crippen LogP) is 2.71. The lowest BCUT2D eigenvalue weighted by molar-refractivity contribution is 0.0943. The number of carbonyl (C=O) groups excluding carboxylic acids is 2. The van der Waals surface area contributed by atoms with Crippen molar-refractivity contribution in [3.8, 4) is 6.07 Å². The van der Waals surface area contributed by atoms with Gasteiger partial charge in [-0.25, -0.2) is 14.8 Å². The summed E-state index contributed by atoms with van der Waals surface area (Å²) in [7, 11) is 0. The second kappa shape index (κ2) is 9.16. The molecule has 1 fully saturated rings. The van der Waals surface area contributed by atoms with Gasteiger partial charge < -0.3 is 25.4 Å². The second-order valence-corrected chi connectivity index (χ2v) is 8.36. The molecule has 0 unspecified atom stereocenters. The fourth-order valence-electron chi connectivity index (χ4n) is 4.01. The van der Waals surface area contributed by atoms with Crippen molar-refractivity contribution in [2.24, 2.45) is 0 Å². The third-order valence-corrected chi connectivity index (χ3v) is 5.55. The summed E-state index contributed by atoms with van der Waals surface area (Å²) in [5, 5.41) is 15.9. The Bertz CT molecular complexity index is 1230. The van der Waals surface area contributed by atoms with Crippen LogP contribution in [0.25, 0.3) is 11.0 Å². The Kier molecular flexibility index (Phi) is 6.13. The zero-order chi connectivity index (χ0) is 23.5. The highest BCUT2D eigenvalue weighted by molar-refractivity contribution is 5.97. The minimum atomic E-state index is -0.226. The van der Waals surface area contributed by atoms with Crippen LogP contribution in [0.2, 0.25) is 0 Å². The van der Waals surface area contributed by atoms with E-state index in [4.69, 9.17) is 0 Å². The van der Waals surface area contributed by atoms with Gasteiger partial charge in [0, 0.05) is 49.2 Å². The molecule has 0 saturated carbocycles. The molecule has 2 aromatic heterocycles. The van der Waals surface area contributed by atoms with Gasteiger partial charge in [-0.2, -0.15) is 5.26 Å². The van der Waals surface area contributed by atoms with Crippen LogP contribution in [0.1, 0.15) is 36.7 Å². The highest BCUT2D eigenvalue weighted by Crippen LogP contribution is 2.28. The maximum Gasteiger partial charge on any atom is 0.322 e. The zero-order valence-corrected chi connectivity index (χ0v) is 18.8. The number of fused-ring (bicyclic) bond motifs is 1. The van der Waals surface area contributed by atoms with Crippen LogP contribution in [0, 0.1) is 11.3 Å². The molecule has 0 bridgehead atoms. The maximum atomic E-state index is 13.0. The Labute approximate surface area is 191 Å². The number of aromatic nitrogens is 3. The van der Waals surface area contributed by atoms with Crippen LogP contribution < -0.4 is 15.5 Å². The molecule has 4 rings (SSSR count). The Morgan fingerprint density at radius 2 is 2.09 bits per heavy atom. The number of hydrogen-bond donors (Lipinski definition) is 3. The molecule has 3 N–H and O–H groups in total. The molecule has 1 aliphatic heterocycles. The number of nitriles is 1. The molecule has 10 heteroatoms. The lowest BCUT2D eigenvalue weighted by Crippen LogP contribution is -2.55. The van der Waals surface area contributed by atoms with Crippen LogP contribution >= 0.6 is 0 Å². The largest absolute Gasteiger partial charge is 0.352 e. The summed E-state index contributed by atoms with van der Waals surface area (Å²) >= 11 is 0. The molecular weight excluding hydrogens is 420 g/mol. The van der Waals surface area contributed by atoms with Gasteiger partial charge in [0.05, 0.1) is 10.9 Å². The van der Waals surface area contributed by atoms with E-state index in [0.717, 1.165) is 0 Å². The summed E-state index contributed by atoms with van der Waals surface area (Å²) in [5.41, 5.74) is 2.17. The highest BCUT2D eigenvalue weighted by atomic mass is 16.2. The highest BCUT2D eigenvalue weighted by Gasteiger charge is 2.29. The number of benzene rings is 1. The number of aromatic amines is 1. The number of carbonyl (C=O) groups is 2. The topological polar surface area (TPSA) is 130 Å². The zero-order valence-electron chi connectivity index (χ0n) is 18.8. The number of H-pyrrole nitrogens is 1. The normalized spacial score (nSPS) is 16.0. The van der Waals surface area contributed by atoms with Gasteiger partial charge in [-0.1, -0.05) is 6.07 Å². The maximum absolute atomic E-state index is 13.0. The van der Waals surface area contributed by atoms with Crippen LogP contribution in [0.4, 0.5) is 16.3 Å². The van der Waals surface area contributed by atoms with E-state index in [9.17, 15) is 14.9 Å². The first kappa shape index (κ1) is 22.1. The van der Waals surface area contributed by atoms with E-state index in [-0.39, 0.29) is 24.0 Å². The first-order chi connectivity index (χ1) is 15.9. The van der Waals surface area contributed by atoms with E-state index in [1.54, 1.807) is 35.4 Å². The molecule has 1 aliphatic rings. The quantitative estimate of drug-likeness (QED) is 0.565. The lowest BCUT2D eigenvalue weighted by atomic mass is 10.1. The van der Waals surface area contributed by atoms with E-state index in [2.05, 4.69) is 36.6 Å². The van der Waals surface area contributed by atoms with Crippen molar-refractivity contribution in [1.82, 2.24) is 25.2 Å². The van der Waals surface area contributed by atoms with Gasteiger partial charge in [0.1, 0.15) is 23.9 Å². The molecule has 170 valence electrons. The Hall–Kier alpha value is -4.13.